The number of carbonyl (C=O) groups excluding carboxylic acids is 12. The van der Waals surface area contributed by atoms with Gasteiger partial charge < -0.3 is 85.1 Å². The first-order valence-corrected chi connectivity index (χ1v) is 33.7. The first-order valence-electron chi connectivity index (χ1n) is 32.3. The summed E-state index contributed by atoms with van der Waals surface area (Å²) in [4.78, 5) is 164. The number of fused-ring (bicyclic) bond motifs is 1. The number of nitrogens with one attached hydrogen (secondary N) is 11. The van der Waals surface area contributed by atoms with E-state index in [1.165, 1.54) is 26.0 Å². The van der Waals surface area contributed by atoms with Crippen LogP contribution in [0.4, 0.5) is 5.69 Å². The molecular weight excluding hydrogens is 1260 g/mol. The number of primary amides is 1. The fourth-order valence-electron chi connectivity index (χ4n) is 10.5. The number of rotatable bonds is 39. The van der Waals surface area contributed by atoms with Gasteiger partial charge in [0.15, 0.2) is 0 Å². The Kier molecular flexibility index (Phi) is 32.9. The molecule has 0 unspecified atom stereocenters. The zero-order valence-electron chi connectivity index (χ0n) is 56.5. The van der Waals surface area contributed by atoms with Gasteiger partial charge in [0, 0.05) is 42.5 Å². The van der Waals surface area contributed by atoms with Crippen molar-refractivity contribution in [1.82, 2.24) is 58.1 Å². The Hall–Kier alpha value is -8.07. The van der Waals surface area contributed by atoms with Gasteiger partial charge >= 0.3 is 0 Å². The smallest absolute Gasteiger partial charge is 0.295 e. The molecule has 0 saturated carbocycles. The summed E-state index contributed by atoms with van der Waals surface area (Å²) in [6, 6.07) is -5.15. The highest BCUT2D eigenvalue weighted by molar-refractivity contribution is 7.86. The lowest BCUT2D eigenvalue weighted by molar-refractivity contribution is -0.143. The highest BCUT2D eigenvalue weighted by atomic mass is 32.2. The summed E-state index contributed by atoms with van der Waals surface area (Å²) in [6.45, 7) is 18.7. The Labute approximate surface area is 555 Å². The maximum Gasteiger partial charge on any atom is 0.295 e. The van der Waals surface area contributed by atoms with Crippen molar-refractivity contribution in [3.8, 4) is 0 Å². The SMILES string of the molecule is CC[C@H](C)[C@H](NC(=O)[C@H](CC(C)C)NC(=O)[C@H](CO)NC(=O)[C@@H](N)CC(C)C)C(=O)N[C@@H](CO)C(=O)N1CCC[C@H]1C(=O)N[C@@H](CC(C)C)C(=O)N[C@@H](C)C(=O)N[C@@H](CCC(N)=O)C(=O)N[C@@H](C)C(=O)N[C@H](C(=O)NCCNc1cccc2c(S(=O)(=O)O)cccc12)C(C)C. The highest BCUT2D eigenvalue weighted by Crippen LogP contribution is 2.29. The molecule has 95 heavy (non-hydrogen) atoms. The number of amides is 12. The number of nitrogens with zero attached hydrogens (tertiary/aromatic N) is 1. The van der Waals surface area contributed by atoms with Crippen LogP contribution < -0.4 is 70.0 Å². The number of anilines is 1. The Balaban J connectivity index is 1.68. The van der Waals surface area contributed by atoms with E-state index in [1.807, 2.05) is 13.8 Å². The summed E-state index contributed by atoms with van der Waals surface area (Å²) in [7, 11) is -4.51. The van der Waals surface area contributed by atoms with Crippen molar-refractivity contribution >= 4 is 97.5 Å². The van der Waals surface area contributed by atoms with Gasteiger partial charge in [-0.1, -0.05) is 99.9 Å². The molecule has 0 radical (unpaired) electrons. The monoisotopic (exact) mass is 1360 g/mol. The minimum absolute atomic E-state index is 0.00900. The number of aliphatic hydroxyl groups is 2. The predicted molar refractivity (Wildman–Crippen MR) is 352 cm³/mol. The van der Waals surface area contributed by atoms with E-state index >= 15 is 0 Å². The van der Waals surface area contributed by atoms with Crippen molar-refractivity contribution in [3.05, 3.63) is 36.4 Å². The summed E-state index contributed by atoms with van der Waals surface area (Å²) in [5.41, 5.74) is 11.9. The van der Waals surface area contributed by atoms with Crippen LogP contribution in [0, 0.1) is 29.6 Å². The van der Waals surface area contributed by atoms with Crippen LogP contribution >= 0.6 is 0 Å². The van der Waals surface area contributed by atoms with Crippen LogP contribution in [-0.4, -0.2) is 198 Å². The first kappa shape index (κ1) is 81.2. The molecule has 0 bridgehead atoms. The van der Waals surface area contributed by atoms with Crippen LogP contribution in [0.5, 0.6) is 0 Å². The molecule has 3 rings (SSSR count). The average molecular weight is 1360 g/mol. The predicted octanol–water partition coefficient (Wildman–Crippen LogP) is -1.57. The third-order valence-corrected chi connectivity index (χ3v) is 16.9. The van der Waals surface area contributed by atoms with Crippen molar-refractivity contribution < 1.29 is 80.7 Å². The average Bonchev–Trinajstić information content (AvgIpc) is 1.12. The summed E-state index contributed by atoms with van der Waals surface area (Å²) in [6.07, 6.45) is 0.445. The molecule has 18 N–H and O–H groups in total. The molecule has 532 valence electrons. The van der Waals surface area contributed by atoms with Crippen LogP contribution in [0.2, 0.25) is 0 Å². The summed E-state index contributed by atoms with van der Waals surface area (Å²) >= 11 is 0. The van der Waals surface area contributed by atoms with Gasteiger partial charge in [0.05, 0.1) is 19.3 Å². The van der Waals surface area contributed by atoms with E-state index in [9.17, 15) is 80.7 Å². The van der Waals surface area contributed by atoms with Gasteiger partial charge in [0.2, 0.25) is 70.9 Å². The second-order valence-electron chi connectivity index (χ2n) is 25.8. The number of nitrogens with two attached hydrogens (primary N) is 2. The molecule has 1 aliphatic rings. The molecule has 1 aliphatic heterocycles. The van der Waals surface area contributed by atoms with Crippen molar-refractivity contribution in [3.63, 3.8) is 0 Å². The molecule has 0 aliphatic carbocycles. The second kappa shape index (κ2) is 38.5. The molecule has 2 aromatic rings. The van der Waals surface area contributed by atoms with Gasteiger partial charge in [0.1, 0.15) is 65.3 Å². The standard InChI is InChI=1S/C63H102N14O17S/c1-13-36(10)52(76-58(86)45(29-34(6)7)71-59(87)46(30-78)73-55(83)41(64)27-32(2)3)62(90)74-47(31-79)63(91)77-26-16-20-48(77)60(88)72-44(28-33(4)5)57(85)69-37(11)53(81)70-43(22-23-50(65)80)56(84)68-38(12)54(82)75-51(35(8)9)61(89)67-25-24-66-42-19-14-18-40-39(42)17-15-21-49(40)95(92,93)94/h14-15,17-19,21,32-38,41,43-48,51-52,66,78-79H,13,16,20,22-31,64H2,1-12H3,(H2,65,80)(H,67,89)(H,68,84)(H,69,85)(H,70,81)(H,71,87)(H,72,88)(H,73,83)(H,74,90)(H,75,82)(H,76,86)(H,92,93,94)/t36-,37-,38-,41-,43-,44-,45-,46-,47-,48-,51-,52-/m0/s1. The van der Waals surface area contributed by atoms with E-state index in [0.29, 0.717) is 30.3 Å². The van der Waals surface area contributed by atoms with Gasteiger partial charge in [-0.25, -0.2) is 0 Å². The molecular formula is C63H102N14O17S. The normalized spacial score (nSPS) is 16.7. The Morgan fingerprint density at radius 2 is 1.05 bits per heavy atom. The minimum Gasteiger partial charge on any atom is -0.394 e. The number of hydrogen-bond acceptors (Lipinski definition) is 18. The van der Waals surface area contributed by atoms with E-state index in [2.05, 4.69) is 58.5 Å². The largest absolute Gasteiger partial charge is 0.394 e. The lowest BCUT2D eigenvalue weighted by Gasteiger charge is -2.31. The molecule has 1 fully saturated rings. The van der Waals surface area contributed by atoms with Crippen LogP contribution in [0.25, 0.3) is 10.8 Å². The van der Waals surface area contributed by atoms with Gasteiger partial charge in [-0.05, 0) is 94.1 Å². The van der Waals surface area contributed by atoms with E-state index in [0.717, 1.165) is 4.90 Å². The van der Waals surface area contributed by atoms with Gasteiger partial charge in [-0.3, -0.25) is 62.1 Å². The Bertz CT molecular complexity index is 3130. The number of hydrogen-bond donors (Lipinski definition) is 16. The van der Waals surface area contributed by atoms with Crippen molar-refractivity contribution in [1.29, 1.82) is 0 Å². The molecule has 32 heteroatoms. The quantitative estimate of drug-likeness (QED) is 0.0265. The molecule has 1 heterocycles. The molecule has 2 aromatic carbocycles. The fourth-order valence-corrected chi connectivity index (χ4v) is 11.2. The number of carbonyl (C=O) groups is 12. The molecule has 12 amide bonds. The van der Waals surface area contributed by atoms with Crippen LogP contribution in [-0.2, 0) is 67.7 Å². The van der Waals surface area contributed by atoms with Crippen LogP contribution in [0.3, 0.4) is 0 Å². The van der Waals surface area contributed by atoms with Gasteiger partial charge in [0.25, 0.3) is 10.1 Å². The number of benzene rings is 2. The number of likely N-dealkylation sites (tertiary alicyclic amines) is 1. The van der Waals surface area contributed by atoms with Crippen molar-refractivity contribution in [2.24, 2.45) is 41.1 Å². The topological polar surface area (TPSA) is 487 Å². The van der Waals surface area contributed by atoms with E-state index in [-0.39, 0.29) is 73.4 Å². The molecule has 12 atom stereocenters. The third kappa shape index (κ3) is 25.5. The molecule has 1 saturated heterocycles. The number of aliphatic hydroxyl groups excluding tert-OH is 2. The van der Waals surface area contributed by atoms with E-state index in [4.69, 9.17) is 11.5 Å². The van der Waals surface area contributed by atoms with Gasteiger partial charge in [-0.2, -0.15) is 8.42 Å². The van der Waals surface area contributed by atoms with Crippen molar-refractivity contribution in [2.45, 2.75) is 206 Å². The lowest BCUT2D eigenvalue weighted by Crippen LogP contribution is -2.62. The molecule has 0 aromatic heterocycles. The zero-order chi connectivity index (χ0) is 71.8. The van der Waals surface area contributed by atoms with E-state index in [1.54, 1.807) is 79.7 Å². The summed E-state index contributed by atoms with van der Waals surface area (Å²) in [5.74, 6) is -11.0. The molecule has 31 nitrogen and oxygen atoms in total. The second-order valence-corrected chi connectivity index (χ2v) is 27.2. The fraction of sp³-hybridized carbons (Fsp3) is 0.651. The summed E-state index contributed by atoms with van der Waals surface area (Å²) < 4.78 is 33.6. The highest BCUT2D eigenvalue weighted by Gasteiger charge is 2.41. The third-order valence-electron chi connectivity index (χ3n) is 15.9. The first-order chi connectivity index (χ1) is 44.4. The lowest BCUT2D eigenvalue weighted by atomic mass is 9.96. The minimum atomic E-state index is -4.51. The van der Waals surface area contributed by atoms with Crippen LogP contribution in [0.15, 0.2) is 41.3 Å². The van der Waals surface area contributed by atoms with Gasteiger partial charge in [-0.15, -0.1) is 0 Å². The maximum absolute atomic E-state index is 14.2. The summed E-state index contributed by atoms with van der Waals surface area (Å²) in [5, 5.41) is 50.2. The Morgan fingerprint density at radius 1 is 0.558 bits per heavy atom. The van der Waals surface area contributed by atoms with Crippen LogP contribution in [0.1, 0.15) is 134 Å². The molecule has 0 spiro atoms. The zero-order valence-corrected chi connectivity index (χ0v) is 57.3. The van der Waals surface area contributed by atoms with E-state index < -0.39 is 179 Å². The Morgan fingerprint density at radius 3 is 1.60 bits per heavy atom. The maximum atomic E-state index is 14.2. The van der Waals surface area contributed by atoms with Crippen molar-refractivity contribution in [2.75, 3.05) is 38.2 Å².